The zero-order valence-electron chi connectivity index (χ0n) is 11.2. The zero-order chi connectivity index (χ0) is 13.5. The number of amides is 1. The molecule has 1 amide bonds. The van der Waals surface area contributed by atoms with Gasteiger partial charge in [-0.3, -0.25) is 4.79 Å². The van der Waals surface area contributed by atoms with Crippen molar-refractivity contribution in [1.82, 2.24) is 0 Å². The van der Waals surface area contributed by atoms with Crippen molar-refractivity contribution in [3.05, 3.63) is 23.8 Å². The Kier molecular flexibility index (Phi) is 2.78. The number of nitriles is 1. The number of fused-ring (bicyclic) bond motifs is 1. The number of carbonyl (C=O) groups excluding carboxylic acids is 1. The van der Waals surface area contributed by atoms with E-state index in [0.29, 0.717) is 12.1 Å². The number of carbonyl (C=O) groups is 1. The van der Waals surface area contributed by atoms with Gasteiger partial charge in [0.15, 0.2) is 0 Å². The van der Waals surface area contributed by atoms with Crippen molar-refractivity contribution in [2.24, 2.45) is 0 Å². The molecule has 0 spiro atoms. The standard InChI is InChI=1S/C14H17N3O/c1-14(2,3)17-11-6-5-10(8-15)7-12(11)16(4)9-13(17)18/h5-7H,9H2,1-4H3. The lowest BCUT2D eigenvalue weighted by molar-refractivity contribution is -0.118. The Morgan fingerprint density at radius 1 is 1.28 bits per heavy atom. The molecule has 18 heavy (non-hydrogen) atoms. The minimum atomic E-state index is -0.263. The first-order valence-corrected chi connectivity index (χ1v) is 5.93. The monoisotopic (exact) mass is 243 g/mol. The highest BCUT2D eigenvalue weighted by Crippen LogP contribution is 2.37. The number of hydrogen-bond donors (Lipinski definition) is 0. The van der Waals surface area contributed by atoms with Crippen LogP contribution in [-0.4, -0.2) is 25.0 Å². The van der Waals surface area contributed by atoms with Crippen LogP contribution in [0.5, 0.6) is 0 Å². The summed E-state index contributed by atoms with van der Waals surface area (Å²) in [5.41, 5.74) is 2.16. The third-order valence-electron chi connectivity index (χ3n) is 3.05. The van der Waals surface area contributed by atoms with Gasteiger partial charge in [-0.25, -0.2) is 0 Å². The van der Waals surface area contributed by atoms with Gasteiger partial charge in [0.25, 0.3) is 0 Å². The topological polar surface area (TPSA) is 47.3 Å². The van der Waals surface area contributed by atoms with Crippen molar-refractivity contribution in [3.63, 3.8) is 0 Å². The molecule has 4 heteroatoms. The van der Waals surface area contributed by atoms with Crippen LogP contribution in [0.3, 0.4) is 0 Å². The maximum atomic E-state index is 12.2. The van der Waals surface area contributed by atoms with Crippen molar-refractivity contribution >= 4 is 17.3 Å². The minimum absolute atomic E-state index is 0.0854. The fourth-order valence-corrected chi connectivity index (χ4v) is 2.32. The van der Waals surface area contributed by atoms with Crippen LogP contribution in [-0.2, 0) is 4.79 Å². The van der Waals surface area contributed by atoms with E-state index in [4.69, 9.17) is 5.26 Å². The van der Waals surface area contributed by atoms with E-state index < -0.39 is 0 Å². The van der Waals surface area contributed by atoms with E-state index in [1.165, 1.54) is 0 Å². The fraction of sp³-hybridized carbons (Fsp3) is 0.429. The molecule has 0 saturated carbocycles. The van der Waals surface area contributed by atoms with Crippen LogP contribution in [0.1, 0.15) is 26.3 Å². The highest BCUT2D eigenvalue weighted by molar-refractivity contribution is 6.04. The average Bonchev–Trinajstić information content (AvgIpc) is 2.26. The SMILES string of the molecule is CN1CC(=O)N(C(C)(C)C)c2ccc(C#N)cc21. The molecule has 1 aliphatic heterocycles. The predicted molar refractivity (Wildman–Crippen MR) is 71.7 cm³/mol. The molecule has 1 aliphatic rings. The second-order valence-corrected chi connectivity index (χ2v) is 5.57. The Hall–Kier alpha value is -2.02. The summed E-state index contributed by atoms with van der Waals surface area (Å²) in [5, 5.41) is 8.95. The van der Waals surface area contributed by atoms with E-state index in [-0.39, 0.29) is 11.4 Å². The molecule has 2 rings (SSSR count). The first-order valence-electron chi connectivity index (χ1n) is 5.93. The fourth-order valence-electron chi connectivity index (χ4n) is 2.32. The summed E-state index contributed by atoms with van der Waals surface area (Å²) in [5.74, 6) is 0.0854. The van der Waals surface area contributed by atoms with Crippen LogP contribution >= 0.6 is 0 Å². The summed E-state index contributed by atoms with van der Waals surface area (Å²) < 4.78 is 0. The second kappa shape index (κ2) is 4.02. The Morgan fingerprint density at radius 2 is 1.94 bits per heavy atom. The molecule has 4 nitrogen and oxygen atoms in total. The van der Waals surface area contributed by atoms with Gasteiger partial charge in [0.05, 0.1) is 29.6 Å². The molecule has 1 aromatic carbocycles. The first kappa shape index (κ1) is 12.4. The number of anilines is 2. The molecule has 1 heterocycles. The maximum absolute atomic E-state index is 12.2. The summed E-state index contributed by atoms with van der Waals surface area (Å²) in [4.78, 5) is 15.9. The number of hydrogen-bond acceptors (Lipinski definition) is 3. The Morgan fingerprint density at radius 3 is 2.50 bits per heavy atom. The predicted octanol–water partition coefficient (Wildman–Crippen LogP) is 2.14. The molecule has 0 aromatic heterocycles. The van der Waals surface area contributed by atoms with Crippen LogP contribution in [0, 0.1) is 11.3 Å². The normalized spacial score (nSPS) is 15.4. The van der Waals surface area contributed by atoms with Gasteiger partial charge in [-0.2, -0.15) is 5.26 Å². The van der Waals surface area contributed by atoms with E-state index in [0.717, 1.165) is 11.4 Å². The zero-order valence-corrected chi connectivity index (χ0v) is 11.2. The van der Waals surface area contributed by atoms with Crippen molar-refractivity contribution in [1.29, 1.82) is 5.26 Å². The number of benzene rings is 1. The highest BCUT2D eigenvalue weighted by atomic mass is 16.2. The molecule has 0 unspecified atom stereocenters. The molecule has 0 saturated heterocycles. The lowest BCUT2D eigenvalue weighted by Crippen LogP contribution is -2.53. The van der Waals surface area contributed by atoms with Crippen LogP contribution in [0.15, 0.2) is 18.2 Å². The van der Waals surface area contributed by atoms with Crippen molar-refractivity contribution < 1.29 is 4.79 Å². The van der Waals surface area contributed by atoms with Gasteiger partial charge in [0.2, 0.25) is 5.91 Å². The van der Waals surface area contributed by atoms with Gasteiger partial charge in [0.1, 0.15) is 0 Å². The Labute approximate surface area is 107 Å². The summed E-state index contributed by atoms with van der Waals surface area (Å²) >= 11 is 0. The van der Waals surface area contributed by atoms with E-state index in [1.54, 1.807) is 6.07 Å². The van der Waals surface area contributed by atoms with Gasteiger partial charge in [-0.05, 0) is 39.0 Å². The molecule has 94 valence electrons. The number of nitrogens with zero attached hydrogens (tertiary/aromatic N) is 3. The second-order valence-electron chi connectivity index (χ2n) is 5.57. The number of likely N-dealkylation sites (N-methyl/N-ethyl adjacent to an activating group) is 1. The van der Waals surface area contributed by atoms with Crippen molar-refractivity contribution in [3.8, 4) is 6.07 Å². The summed E-state index contributed by atoms with van der Waals surface area (Å²) in [6.07, 6.45) is 0. The van der Waals surface area contributed by atoms with Crippen LogP contribution in [0.2, 0.25) is 0 Å². The molecule has 1 aromatic rings. The maximum Gasteiger partial charge on any atom is 0.247 e. The summed E-state index contributed by atoms with van der Waals surface area (Å²) in [6, 6.07) is 7.57. The summed E-state index contributed by atoms with van der Waals surface area (Å²) in [6.45, 7) is 6.38. The van der Waals surface area contributed by atoms with Crippen LogP contribution in [0.25, 0.3) is 0 Å². The Balaban J connectivity index is 2.60. The van der Waals surface area contributed by atoms with Gasteiger partial charge < -0.3 is 9.80 Å². The van der Waals surface area contributed by atoms with Gasteiger partial charge in [-0.15, -0.1) is 0 Å². The summed E-state index contributed by atoms with van der Waals surface area (Å²) in [7, 11) is 1.87. The minimum Gasteiger partial charge on any atom is -0.364 e. The van der Waals surface area contributed by atoms with Crippen LogP contribution in [0.4, 0.5) is 11.4 Å². The molecule has 0 aliphatic carbocycles. The van der Waals surface area contributed by atoms with Crippen LogP contribution < -0.4 is 9.80 Å². The van der Waals surface area contributed by atoms with E-state index in [1.807, 2.05) is 49.8 Å². The van der Waals surface area contributed by atoms with Gasteiger partial charge in [0, 0.05) is 12.6 Å². The third-order valence-corrected chi connectivity index (χ3v) is 3.05. The van der Waals surface area contributed by atoms with Gasteiger partial charge >= 0.3 is 0 Å². The number of rotatable bonds is 0. The largest absolute Gasteiger partial charge is 0.364 e. The molecular formula is C14H17N3O. The highest BCUT2D eigenvalue weighted by Gasteiger charge is 2.34. The third kappa shape index (κ3) is 1.92. The molecule has 0 fully saturated rings. The average molecular weight is 243 g/mol. The van der Waals surface area contributed by atoms with Crippen molar-refractivity contribution in [2.45, 2.75) is 26.3 Å². The Bertz CT molecular complexity index is 537. The molecule has 0 atom stereocenters. The van der Waals surface area contributed by atoms with Gasteiger partial charge in [-0.1, -0.05) is 0 Å². The molecule has 0 bridgehead atoms. The van der Waals surface area contributed by atoms with E-state index in [9.17, 15) is 4.79 Å². The molecule has 0 radical (unpaired) electrons. The molecular weight excluding hydrogens is 226 g/mol. The van der Waals surface area contributed by atoms with E-state index in [2.05, 4.69) is 6.07 Å². The lowest BCUT2D eigenvalue weighted by atomic mass is 10.0. The smallest absolute Gasteiger partial charge is 0.247 e. The first-order chi connectivity index (χ1) is 8.34. The van der Waals surface area contributed by atoms with E-state index >= 15 is 0 Å². The lowest BCUT2D eigenvalue weighted by Gasteiger charge is -2.42. The molecule has 0 N–H and O–H groups in total. The van der Waals surface area contributed by atoms with Crippen molar-refractivity contribution in [2.75, 3.05) is 23.4 Å². The quantitative estimate of drug-likeness (QED) is 0.701.